The second kappa shape index (κ2) is 12.1. The van der Waals surface area contributed by atoms with Crippen molar-refractivity contribution in [3.8, 4) is 0 Å². The molecule has 0 heterocycles. The summed E-state index contributed by atoms with van der Waals surface area (Å²) in [4.78, 5) is 48.7. The molecule has 192 valence electrons. The van der Waals surface area contributed by atoms with Gasteiger partial charge in [-0.05, 0) is 55.5 Å². The smallest absolute Gasteiger partial charge is 0.338 e. The summed E-state index contributed by atoms with van der Waals surface area (Å²) >= 11 is 25.3. The van der Waals surface area contributed by atoms with Crippen molar-refractivity contribution >= 4 is 93.3 Å². The average Bonchev–Trinajstić information content (AvgIpc) is 2.85. The highest BCUT2D eigenvalue weighted by Crippen LogP contribution is 2.42. The summed E-state index contributed by atoms with van der Waals surface area (Å²) in [5.41, 5.74) is -0.130. The molecule has 0 spiro atoms. The van der Waals surface area contributed by atoms with E-state index in [9.17, 15) is 24.3 Å². The standard InChI is InChI=1S/C24H16Cl4N2O6S/c1-10(21(31)29-12-4-2-11(3-5-12)23(33)34)37-14-8-6-13(7-9-14)30-22(32)15-16(24(35)36)18(26)20(28)19(27)17(15)25/h2-10H,1H3,(H,29,31)(H,30,32)(H,33,34)(H,35,36). The molecule has 0 aliphatic rings. The van der Waals surface area contributed by atoms with E-state index < -0.39 is 39.2 Å². The minimum atomic E-state index is -1.51. The molecule has 3 aromatic rings. The Morgan fingerprint density at radius 3 is 1.70 bits per heavy atom. The lowest BCUT2D eigenvalue weighted by atomic mass is 10.1. The van der Waals surface area contributed by atoms with Gasteiger partial charge in [0.2, 0.25) is 5.91 Å². The van der Waals surface area contributed by atoms with E-state index >= 15 is 0 Å². The van der Waals surface area contributed by atoms with E-state index in [0.717, 1.165) is 0 Å². The molecule has 0 radical (unpaired) electrons. The Morgan fingerprint density at radius 2 is 1.19 bits per heavy atom. The van der Waals surface area contributed by atoms with Gasteiger partial charge in [0, 0.05) is 16.3 Å². The quantitative estimate of drug-likeness (QED) is 0.123. The van der Waals surface area contributed by atoms with Crippen LogP contribution in [0.5, 0.6) is 0 Å². The Bertz CT molecular complexity index is 1400. The number of aromatic carboxylic acids is 2. The van der Waals surface area contributed by atoms with Gasteiger partial charge in [0.1, 0.15) is 0 Å². The van der Waals surface area contributed by atoms with Gasteiger partial charge >= 0.3 is 11.9 Å². The molecule has 0 aliphatic heterocycles. The monoisotopic (exact) mass is 600 g/mol. The first-order chi connectivity index (χ1) is 17.4. The first-order valence-electron chi connectivity index (χ1n) is 10.2. The number of halogens is 4. The number of carboxylic acid groups (broad SMARTS) is 2. The minimum absolute atomic E-state index is 0.108. The SMILES string of the molecule is CC(Sc1ccc(NC(=O)c2c(Cl)c(Cl)c(Cl)c(Cl)c2C(=O)O)cc1)C(=O)Nc1ccc(C(=O)O)cc1. The fourth-order valence-electron chi connectivity index (χ4n) is 3.05. The van der Waals surface area contributed by atoms with E-state index in [-0.39, 0.29) is 26.5 Å². The lowest BCUT2D eigenvalue weighted by Gasteiger charge is -2.15. The largest absolute Gasteiger partial charge is 0.478 e. The molecule has 1 unspecified atom stereocenters. The fraction of sp³-hybridized carbons (Fsp3) is 0.0833. The van der Waals surface area contributed by atoms with Gasteiger partial charge < -0.3 is 20.8 Å². The van der Waals surface area contributed by atoms with Crippen molar-refractivity contribution in [2.24, 2.45) is 0 Å². The Kier molecular flexibility index (Phi) is 9.33. The number of benzene rings is 3. The van der Waals surface area contributed by atoms with Gasteiger partial charge in [0.25, 0.3) is 5.91 Å². The highest BCUT2D eigenvalue weighted by atomic mass is 35.5. The number of nitrogens with one attached hydrogen (secondary N) is 2. The van der Waals surface area contributed by atoms with Crippen molar-refractivity contribution in [3.63, 3.8) is 0 Å². The molecule has 0 saturated carbocycles. The Labute approximate surface area is 234 Å². The van der Waals surface area contributed by atoms with Crippen molar-refractivity contribution in [1.82, 2.24) is 0 Å². The fourth-order valence-corrected chi connectivity index (χ4v) is 4.94. The third-order valence-electron chi connectivity index (χ3n) is 4.90. The highest BCUT2D eigenvalue weighted by Gasteiger charge is 2.29. The Morgan fingerprint density at radius 1 is 0.703 bits per heavy atom. The number of carbonyl (C=O) groups excluding carboxylic acids is 2. The first-order valence-corrected chi connectivity index (χ1v) is 12.6. The van der Waals surface area contributed by atoms with Crippen LogP contribution in [0.3, 0.4) is 0 Å². The van der Waals surface area contributed by atoms with Crippen molar-refractivity contribution in [2.45, 2.75) is 17.1 Å². The van der Waals surface area contributed by atoms with Crippen LogP contribution in [0.25, 0.3) is 0 Å². The summed E-state index contributed by atoms with van der Waals surface area (Å²) in [7, 11) is 0. The zero-order valence-electron chi connectivity index (χ0n) is 18.6. The van der Waals surface area contributed by atoms with Crippen LogP contribution >= 0.6 is 58.2 Å². The van der Waals surface area contributed by atoms with Gasteiger partial charge in [0.05, 0.1) is 42.0 Å². The summed E-state index contributed by atoms with van der Waals surface area (Å²) in [6, 6.07) is 12.2. The van der Waals surface area contributed by atoms with Gasteiger partial charge in [-0.2, -0.15) is 0 Å². The summed E-state index contributed by atoms with van der Waals surface area (Å²) in [5.74, 6) is -3.72. The van der Waals surface area contributed by atoms with Crippen LogP contribution < -0.4 is 10.6 Å². The molecule has 1 atom stereocenters. The topological polar surface area (TPSA) is 133 Å². The zero-order chi connectivity index (χ0) is 27.4. The number of hydrogen-bond donors (Lipinski definition) is 4. The molecule has 0 aromatic heterocycles. The number of hydrogen-bond acceptors (Lipinski definition) is 5. The molecule has 4 N–H and O–H groups in total. The number of carboxylic acids is 2. The third-order valence-corrected chi connectivity index (χ3v) is 7.82. The lowest BCUT2D eigenvalue weighted by molar-refractivity contribution is -0.115. The van der Waals surface area contributed by atoms with E-state index in [1.54, 1.807) is 31.2 Å². The van der Waals surface area contributed by atoms with Gasteiger partial charge in [-0.3, -0.25) is 9.59 Å². The maximum absolute atomic E-state index is 12.8. The van der Waals surface area contributed by atoms with E-state index in [0.29, 0.717) is 16.3 Å². The van der Waals surface area contributed by atoms with Gasteiger partial charge in [-0.1, -0.05) is 46.4 Å². The van der Waals surface area contributed by atoms with E-state index in [1.165, 1.54) is 36.0 Å². The second-order valence-electron chi connectivity index (χ2n) is 7.42. The molecule has 13 heteroatoms. The predicted octanol–water partition coefficient (Wildman–Crippen LogP) is 7.07. The first kappa shape index (κ1) is 28.6. The van der Waals surface area contributed by atoms with Crippen LogP contribution in [0, 0.1) is 0 Å². The molecule has 37 heavy (non-hydrogen) atoms. The molecular weight excluding hydrogens is 586 g/mol. The van der Waals surface area contributed by atoms with Crippen molar-refractivity contribution in [2.75, 3.05) is 10.6 Å². The molecule has 3 rings (SSSR count). The minimum Gasteiger partial charge on any atom is -0.478 e. The molecule has 8 nitrogen and oxygen atoms in total. The molecular formula is C24H16Cl4N2O6S. The molecule has 2 amide bonds. The highest BCUT2D eigenvalue weighted by molar-refractivity contribution is 8.00. The van der Waals surface area contributed by atoms with Crippen LogP contribution in [0.4, 0.5) is 11.4 Å². The van der Waals surface area contributed by atoms with Crippen molar-refractivity contribution in [3.05, 3.63) is 85.3 Å². The molecule has 0 fully saturated rings. The lowest BCUT2D eigenvalue weighted by Crippen LogP contribution is -2.22. The van der Waals surface area contributed by atoms with Crippen LogP contribution in [-0.4, -0.2) is 39.2 Å². The summed E-state index contributed by atoms with van der Waals surface area (Å²) in [5, 5.41) is 21.9. The zero-order valence-corrected chi connectivity index (χ0v) is 22.5. The Hall–Kier alpha value is -2.95. The average molecular weight is 602 g/mol. The maximum Gasteiger partial charge on any atom is 0.338 e. The van der Waals surface area contributed by atoms with Crippen molar-refractivity contribution in [1.29, 1.82) is 0 Å². The number of amides is 2. The summed E-state index contributed by atoms with van der Waals surface area (Å²) in [6.45, 7) is 1.70. The van der Waals surface area contributed by atoms with Crippen LogP contribution in [-0.2, 0) is 4.79 Å². The van der Waals surface area contributed by atoms with Crippen LogP contribution in [0.15, 0.2) is 53.4 Å². The molecule has 0 saturated heterocycles. The van der Waals surface area contributed by atoms with E-state index in [2.05, 4.69) is 10.6 Å². The number of rotatable bonds is 8. The number of thioether (sulfide) groups is 1. The molecule has 3 aromatic carbocycles. The summed E-state index contributed by atoms with van der Waals surface area (Å²) in [6.07, 6.45) is 0. The molecule has 0 aliphatic carbocycles. The van der Waals surface area contributed by atoms with Gasteiger partial charge in [-0.25, -0.2) is 9.59 Å². The van der Waals surface area contributed by atoms with Crippen LogP contribution in [0.1, 0.15) is 38.0 Å². The maximum atomic E-state index is 12.8. The van der Waals surface area contributed by atoms with Crippen LogP contribution in [0.2, 0.25) is 20.1 Å². The van der Waals surface area contributed by atoms with E-state index in [4.69, 9.17) is 51.5 Å². The van der Waals surface area contributed by atoms with E-state index in [1.807, 2.05) is 0 Å². The number of carbonyl (C=O) groups is 4. The van der Waals surface area contributed by atoms with Crippen molar-refractivity contribution < 1.29 is 29.4 Å². The van der Waals surface area contributed by atoms with Gasteiger partial charge in [-0.15, -0.1) is 11.8 Å². The molecule has 0 bridgehead atoms. The van der Waals surface area contributed by atoms with Gasteiger partial charge in [0.15, 0.2) is 0 Å². The summed E-state index contributed by atoms with van der Waals surface area (Å²) < 4.78 is 0. The second-order valence-corrected chi connectivity index (χ2v) is 10.3. The normalized spacial score (nSPS) is 11.5. The number of anilines is 2. The Balaban J connectivity index is 1.69. The predicted molar refractivity (Wildman–Crippen MR) is 145 cm³/mol. The third kappa shape index (κ3) is 6.68.